The molecule has 10 heavy (non-hydrogen) atoms. The Morgan fingerprint density at radius 2 is 2.30 bits per heavy atom. The van der Waals surface area contributed by atoms with Crippen LogP contribution in [-0.2, 0) is 4.79 Å². The van der Waals surface area contributed by atoms with E-state index in [9.17, 15) is 4.79 Å². The smallest absolute Gasteiger partial charge is 0.233 e. The van der Waals surface area contributed by atoms with Crippen LogP contribution in [-0.4, -0.2) is 11.3 Å². The number of aryl methyl sites for hydroxylation is 1. The van der Waals surface area contributed by atoms with E-state index in [1.165, 1.54) is 6.07 Å². The van der Waals surface area contributed by atoms with Crippen LogP contribution in [0.1, 0.15) is 11.3 Å². The van der Waals surface area contributed by atoms with Crippen molar-refractivity contribution in [2.45, 2.75) is 6.92 Å². The lowest BCUT2D eigenvalue weighted by atomic mass is 10.2. The molecule has 0 aromatic carbocycles. The second-order valence-electron chi connectivity index (χ2n) is 1.92. The molecule has 1 radical (unpaired) electrons. The van der Waals surface area contributed by atoms with Crippen molar-refractivity contribution < 1.29 is 4.79 Å². The fourth-order valence-electron chi connectivity index (χ4n) is 0.687. The minimum Gasteiger partial charge on any atom is -0.285 e. The van der Waals surface area contributed by atoms with Crippen LogP contribution < -0.4 is 0 Å². The van der Waals surface area contributed by atoms with E-state index in [0.717, 1.165) is 5.69 Å². The van der Waals surface area contributed by atoms with E-state index < -0.39 is 0 Å². The number of aromatic nitrogens is 1. The van der Waals surface area contributed by atoms with Crippen LogP contribution in [0.5, 0.6) is 0 Å². The standard InChI is InChI=1S/C7H5ClNO/c1-5-2-6(4-10)3-7(8)9-5/h2-3H,1H3. The van der Waals surface area contributed by atoms with E-state index in [4.69, 9.17) is 11.6 Å². The van der Waals surface area contributed by atoms with Gasteiger partial charge in [0, 0.05) is 11.3 Å². The lowest BCUT2D eigenvalue weighted by Gasteiger charge is -1.93. The van der Waals surface area contributed by atoms with Crippen molar-refractivity contribution >= 4 is 17.9 Å². The van der Waals surface area contributed by atoms with Gasteiger partial charge in [0.25, 0.3) is 0 Å². The second kappa shape index (κ2) is 2.80. The maximum absolute atomic E-state index is 10.1. The fraction of sp³-hybridized carbons (Fsp3) is 0.143. The van der Waals surface area contributed by atoms with Gasteiger partial charge in [-0.15, -0.1) is 0 Å². The zero-order valence-electron chi connectivity index (χ0n) is 5.39. The Morgan fingerprint density at radius 3 is 2.80 bits per heavy atom. The number of pyridine rings is 1. The van der Waals surface area contributed by atoms with Crippen LogP contribution in [0, 0.1) is 6.92 Å². The van der Waals surface area contributed by atoms with Crippen LogP contribution >= 0.6 is 11.6 Å². The first-order valence-corrected chi connectivity index (χ1v) is 3.12. The first-order valence-electron chi connectivity index (χ1n) is 2.75. The van der Waals surface area contributed by atoms with Gasteiger partial charge in [-0.2, -0.15) is 0 Å². The predicted octanol–water partition coefficient (Wildman–Crippen LogP) is 1.50. The Kier molecular flexibility index (Phi) is 2.02. The SMILES string of the molecule is Cc1cc([C]=O)cc(Cl)n1. The van der Waals surface area contributed by atoms with Gasteiger partial charge in [-0.25, -0.2) is 4.98 Å². The highest BCUT2D eigenvalue weighted by Gasteiger charge is 1.95. The first kappa shape index (κ1) is 7.22. The molecule has 0 saturated heterocycles. The van der Waals surface area contributed by atoms with Crippen molar-refractivity contribution in [1.82, 2.24) is 4.98 Å². The highest BCUT2D eigenvalue weighted by Crippen LogP contribution is 2.07. The molecule has 0 N–H and O–H groups in total. The molecule has 0 aliphatic rings. The Bertz CT molecular complexity index is 240. The zero-order chi connectivity index (χ0) is 7.56. The summed E-state index contributed by atoms with van der Waals surface area (Å²) in [6.07, 6.45) is 1.73. The van der Waals surface area contributed by atoms with Crippen molar-refractivity contribution in [3.63, 3.8) is 0 Å². The molecule has 3 heteroatoms. The minimum atomic E-state index is 0.332. The van der Waals surface area contributed by atoms with Gasteiger partial charge in [-0.3, -0.25) is 4.79 Å². The maximum atomic E-state index is 10.1. The molecule has 0 bridgehead atoms. The van der Waals surface area contributed by atoms with Gasteiger partial charge in [0.15, 0.2) is 0 Å². The average Bonchev–Trinajstić information content (AvgIpc) is 1.85. The number of rotatable bonds is 1. The van der Waals surface area contributed by atoms with Gasteiger partial charge in [0.05, 0.1) is 0 Å². The summed E-state index contributed by atoms with van der Waals surface area (Å²) in [6, 6.07) is 3.10. The number of carbonyl (C=O) groups excluding carboxylic acids is 1. The van der Waals surface area contributed by atoms with E-state index in [1.54, 1.807) is 19.3 Å². The highest BCUT2D eigenvalue weighted by atomic mass is 35.5. The molecule has 0 amide bonds. The molecule has 0 atom stereocenters. The molecule has 1 heterocycles. The van der Waals surface area contributed by atoms with Crippen LogP contribution in [0.4, 0.5) is 0 Å². The molecule has 0 aliphatic heterocycles. The molecule has 1 aromatic rings. The lowest BCUT2D eigenvalue weighted by molar-refractivity contribution is 0.562. The molecule has 1 rings (SSSR count). The van der Waals surface area contributed by atoms with Crippen LogP contribution in [0.3, 0.4) is 0 Å². The number of halogens is 1. The van der Waals surface area contributed by atoms with Crippen molar-refractivity contribution in [3.8, 4) is 0 Å². The summed E-state index contributed by atoms with van der Waals surface area (Å²) in [7, 11) is 0. The lowest BCUT2D eigenvalue weighted by Crippen LogP contribution is -1.86. The third-order valence-electron chi connectivity index (χ3n) is 1.04. The Labute approximate surface area is 63.8 Å². The van der Waals surface area contributed by atoms with E-state index >= 15 is 0 Å². The third kappa shape index (κ3) is 1.54. The Hall–Kier alpha value is -0.890. The van der Waals surface area contributed by atoms with Gasteiger partial charge >= 0.3 is 0 Å². The van der Waals surface area contributed by atoms with E-state index in [1.807, 2.05) is 0 Å². The van der Waals surface area contributed by atoms with Crippen molar-refractivity contribution in [1.29, 1.82) is 0 Å². The van der Waals surface area contributed by atoms with Gasteiger partial charge in [-0.05, 0) is 19.1 Å². The summed E-state index contributed by atoms with van der Waals surface area (Å²) in [5.41, 5.74) is 1.17. The number of hydrogen-bond donors (Lipinski definition) is 0. The third-order valence-corrected chi connectivity index (χ3v) is 1.23. The van der Waals surface area contributed by atoms with Crippen LogP contribution in [0.15, 0.2) is 12.1 Å². The maximum Gasteiger partial charge on any atom is 0.233 e. The second-order valence-corrected chi connectivity index (χ2v) is 2.31. The summed E-state index contributed by atoms with van der Waals surface area (Å²) >= 11 is 5.54. The quantitative estimate of drug-likeness (QED) is 0.574. The molecule has 0 unspecified atom stereocenters. The number of nitrogens with zero attached hydrogens (tertiary/aromatic N) is 1. The molecule has 0 aliphatic carbocycles. The normalized spacial score (nSPS) is 9.40. The van der Waals surface area contributed by atoms with Gasteiger partial charge in [0.2, 0.25) is 6.29 Å². The summed E-state index contributed by atoms with van der Waals surface area (Å²) in [6.45, 7) is 1.77. The molecule has 2 nitrogen and oxygen atoms in total. The van der Waals surface area contributed by atoms with Crippen molar-refractivity contribution in [3.05, 3.63) is 28.5 Å². The van der Waals surface area contributed by atoms with Gasteiger partial charge < -0.3 is 0 Å². The monoisotopic (exact) mass is 154 g/mol. The van der Waals surface area contributed by atoms with E-state index in [0.29, 0.717) is 10.7 Å². The summed E-state index contributed by atoms with van der Waals surface area (Å²) in [4.78, 5) is 14.0. The Balaban J connectivity index is 3.18. The van der Waals surface area contributed by atoms with Gasteiger partial charge in [-0.1, -0.05) is 11.6 Å². The molecule has 0 fully saturated rings. The van der Waals surface area contributed by atoms with E-state index in [2.05, 4.69) is 4.98 Å². The average molecular weight is 155 g/mol. The molecule has 0 spiro atoms. The highest BCUT2D eigenvalue weighted by molar-refractivity contribution is 6.29. The topological polar surface area (TPSA) is 30.0 Å². The first-order chi connectivity index (χ1) is 4.72. The fourth-order valence-corrected chi connectivity index (χ4v) is 0.938. The van der Waals surface area contributed by atoms with Gasteiger partial charge in [0.1, 0.15) is 5.15 Å². The van der Waals surface area contributed by atoms with Crippen molar-refractivity contribution in [2.24, 2.45) is 0 Å². The predicted molar refractivity (Wildman–Crippen MR) is 38.8 cm³/mol. The molecular formula is C7H5ClNO. The Morgan fingerprint density at radius 1 is 1.60 bits per heavy atom. The summed E-state index contributed by atoms with van der Waals surface area (Å²) in [5.74, 6) is 0. The molecule has 1 aromatic heterocycles. The minimum absolute atomic E-state index is 0.332. The zero-order valence-corrected chi connectivity index (χ0v) is 6.14. The molecule has 51 valence electrons. The largest absolute Gasteiger partial charge is 0.285 e. The van der Waals surface area contributed by atoms with Crippen LogP contribution in [0.2, 0.25) is 5.15 Å². The number of hydrogen-bond acceptors (Lipinski definition) is 2. The van der Waals surface area contributed by atoms with Crippen molar-refractivity contribution in [2.75, 3.05) is 0 Å². The van der Waals surface area contributed by atoms with E-state index in [-0.39, 0.29) is 0 Å². The molecule has 0 saturated carbocycles. The summed E-state index contributed by atoms with van der Waals surface area (Å²) in [5, 5.41) is 0.332. The summed E-state index contributed by atoms with van der Waals surface area (Å²) < 4.78 is 0. The molecular weight excluding hydrogens is 150 g/mol. The van der Waals surface area contributed by atoms with Crippen LogP contribution in [0.25, 0.3) is 0 Å².